The SMILES string of the molecule is Fc1cccc(Nc2cc(-c3nc(N4CCNCC4)c4c(C5CC5)cncc4n3)ccn2)n1. The Morgan fingerprint density at radius 1 is 1.00 bits per heavy atom. The lowest BCUT2D eigenvalue weighted by Crippen LogP contribution is -2.44. The molecule has 2 aliphatic rings. The van der Waals surface area contributed by atoms with Crippen molar-refractivity contribution in [2.45, 2.75) is 18.8 Å². The lowest BCUT2D eigenvalue weighted by atomic mass is 10.1. The van der Waals surface area contributed by atoms with E-state index < -0.39 is 5.95 Å². The van der Waals surface area contributed by atoms with E-state index in [4.69, 9.17) is 9.97 Å². The number of pyridine rings is 3. The first kappa shape index (κ1) is 19.9. The molecule has 0 atom stereocenters. The highest BCUT2D eigenvalue weighted by molar-refractivity contribution is 5.94. The van der Waals surface area contributed by atoms with E-state index >= 15 is 0 Å². The van der Waals surface area contributed by atoms with Gasteiger partial charge in [0.05, 0.1) is 11.7 Å². The Hall–Kier alpha value is -3.72. The molecule has 4 aromatic heterocycles. The van der Waals surface area contributed by atoms with Crippen molar-refractivity contribution in [2.75, 3.05) is 36.4 Å². The van der Waals surface area contributed by atoms with Crippen LogP contribution in [0.1, 0.15) is 24.3 Å². The first-order valence-electron chi connectivity index (χ1n) is 11.2. The van der Waals surface area contributed by atoms with Crippen molar-refractivity contribution in [3.8, 4) is 11.4 Å². The fourth-order valence-corrected chi connectivity index (χ4v) is 4.27. The van der Waals surface area contributed by atoms with Crippen molar-refractivity contribution in [1.29, 1.82) is 0 Å². The molecule has 166 valence electrons. The number of halogens is 1. The van der Waals surface area contributed by atoms with Crippen LogP contribution in [0.15, 0.2) is 48.9 Å². The van der Waals surface area contributed by atoms with Crippen molar-refractivity contribution in [3.05, 3.63) is 60.4 Å². The third-order valence-corrected chi connectivity index (χ3v) is 6.04. The van der Waals surface area contributed by atoms with Crippen molar-refractivity contribution >= 4 is 28.4 Å². The average Bonchev–Trinajstić information content (AvgIpc) is 3.69. The molecule has 6 rings (SSSR count). The molecule has 0 amide bonds. The zero-order chi connectivity index (χ0) is 22.2. The van der Waals surface area contributed by atoms with Crippen LogP contribution in [0, 0.1) is 5.95 Å². The van der Waals surface area contributed by atoms with Gasteiger partial charge in [-0.2, -0.15) is 4.39 Å². The Labute approximate surface area is 190 Å². The predicted octanol–water partition coefficient (Wildman–Crippen LogP) is 3.65. The second-order valence-corrected chi connectivity index (χ2v) is 8.41. The number of aromatic nitrogens is 5. The molecule has 0 unspecified atom stereocenters. The zero-order valence-corrected chi connectivity index (χ0v) is 18.0. The number of rotatable bonds is 5. The van der Waals surface area contributed by atoms with Crippen LogP contribution in [-0.2, 0) is 0 Å². The zero-order valence-electron chi connectivity index (χ0n) is 18.0. The van der Waals surface area contributed by atoms with Gasteiger partial charge in [-0.15, -0.1) is 0 Å². The highest BCUT2D eigenvalue weighted by atomic mass is 19.1. The minimum Gasteiger partial charge on any atom is -0.353 e. The number of piperazine rings is 1. The highest BCUT2D eigenvalue weighted by Crippen LogP contribution is 2.44. The maximum atomic E-state index is 13.5. The summed E-state index contributed by atoms with van der Waals surface area (Å²) in [7, 11) is 0. The molecule has 2 N–H and O–H groups in total. The molecular weight excluding hydrogens is 419 g/mol. The Balaban J connectivity index is 1.44. The second kappa shape index (κ2) is 8.32. The number of hydrogen-bond donors (Lipinski definition) is 2. The van der Waals surface area contributed by atoms with Crippen LogP contribution in [0.4, 0.5) is 21.8 Å². The topological polar surface area (TPSA) is 91.8 Å². The smallest absolute Gasteiger partial charge is 0.214 e. The molecule has 0 radical (unpaired) electrons. The minimum absolute atomic E-state index is 0.388. The standard InChI is InChI=1S/C24H23FN8/c25-19-2-1-3-20(30-19)31-21-12-16(6-7-28-21)23-29-18-14-27-13-17(15-4-5-15)22(18)24(32-23)33-10-8-26-9-11-33/h1-3,6-7,12-15,26H,4-5,8-11H2,(H,28,30,31). The van der Waals surface area contributed by atoms with Crippen molar-refractivity contribution in [1.82, 2.24) is 30.2 Å². The number of fused-ring (bicyclic) bond motifs is 1. The molecule has 1 aliphatic heterocycles. The van der Waals surface area contributed by atoms with Crippen molar-refractivity contribution in [2.24, 2.45) is 0 Å². The van der Waals surface area contributed by atoms with E-state index in [-0.39, 0.29) is 0 Å². The highest BCUT2D eigenvalue weighted by Gasteiger charge is 2.29. The number of nitrogens with one attached hydrogen (secondary N) is 2. The molecule has 9 heteroatoms. The van der Waals surface area contributed by atoms with Crippen LogP contribution in [0.3, 0.4) is 0 Å². The summed E-state index contributed by atoms with van der Waals surface area (Å²) in [5.41, 5.74) is 2.93. The van der Waals surface area contributed by atoms with E-state index in [0.29, 0.717) is 23.4 Å². The van der Waals surface area contributed by atoms with Gasteiger partial charge in [0.1, 0.15) is 17.5 Å². The fraction of sp³-hybridized carbons (Fsp3) is 0.292. The van der Waals surface area contributed by atoms with Gasteiger partial charge in [-0.25, -0.2) is 19.9 Å². The summed E-state index contributed by atoms with van der Waals surface area (Å²) in [5, 5.41) is 7.59. The van der Waals surface area contributed by atoms with Gasteiger partial charge in [-0.3, -0.25) is 4.98 Å². The van der Waals surface area contributed by atoms with Crippen LogP contribution in [-0.4, -0.2) is 51.1 Å². The van der Waals surface area contributed by atoms with E-state index in [1.54, 1.807) is 18.3 Å². The lowest BCUT2D eigenvalue weighted by Gasteiger charge is -2.30. The van der Waals surface area contributed by atoms with Gasteiger partial charge < -0.3 is 15.5 Å². The van der Waals surface area contributed by atoms with Crippen LogP contribution in [0.25, 0.3) is 22.3 Å². The summed E-state index contributed by atoms with van der Waals surface area (Å²) in [5.74, 6) is 2.52. The Kier molecular flexibility index (Phi) is 5.03. The molecule has 1 saturated heterocycles. The summed E-state index contributed by atoms with van der Waals surface area (Å²) < 4.78 is 13.5. The summed E-state index contributed by atoms with van der Waals surface area (Å²) >= 11 is 0. The molecule has 1 saturated carbocycles. The molecule has 4 aromatic rings. The monoisotopic (exact) mass is 442 g/mol. The summed E-state index contributed by atoms with van der Waals surface area (Å²) in [6.45, 7) is 3.64. The summed E-state index contributed by atoms with van der Waals surface area (Å²) in [4.78, 5) is 25.0. The normalized spacial score (nSPS) is 16.2. The maximum absolute atomic E-state index is 13.5. The van der Waals surface area contributed by atoms with E-state index in [1.165, 1.54) is 24.5 Å². The first-order valence-corrected chi connectivity index (χ1v) is 11.2. The fourth-order valence-electron chi connectivity index (χ4n) is 4.27. The van der Waals surface area contributed by atoms with Gasteiger partial charge in [0, 0.05) is 49.5 Å². The molecule has 8 nitrogen and oxygen atoms in total. The van der Waals surface area contributed by atoms with Crippen LogP contribution in [0.2, 0.25) is 0 Å². The van der Waals surface area contributed by atoms with Crippen LogP contribution >= 0.6 is 0 Å². The van der Waals surface area contributed by atoms with Gasteiger partial charge in [-0.1, -0.05) is 6.07 Å². The van der Waals surface area contributed by atoms with Crippen LogP contribution in [0.5, 0.6) is 0 Å². The van der Waals surface area contributed by atoms with Gasteiger partial charge in [0.2, 0.25) is 5.95 Å². The molecule has 0 spiro atoms. The number of nitrogens with zero attached hydrogens (tertiary/aromatic N) is 6. The molecule has 0 bridgehead atoms. The molecule has 0 aromatic carbocycles. The third kappa shape index (κ3) is 4.07. The van der Waals surface area contributed by atoms with E-state index in [0.717, 1.165) is 48.5 Å². The first-order chi connectivity index (χ1) is 16.2. The van der Waals surface area contributed by atoms with Gasteiger partial charge in [-0.05, 0) is 48.6 Å². The predicted molar refractivity (Wildman–Crippen MR) is 125 cm³/mol. The molecule has 5 heterocycles. The maximum Gasteiger partial charge on any atom is 0.214 e. The van der Waals surface area contributed by atoms with Crippen molar-refractivity contribution < 1.29 is 4.39 Å². The van der Waals surface area contributed by atoms with Gasteiger partial charge in [0.15, 0.2) is 5.82 Å². The largest absolute Gasteiger partial charge is 0.353 e. The van der Waals surface area contributed by atoms with E-state index in [2.05, 4.69) is 30.5 Å². The lowest BCUT2D eigenvalue weighted by molar-refractivity contribution is 0.585. The third-order valence-electron chi connectivity index (χ3n) is 6.04. The second-order valence-electron chi connectivity index (χ2n) is 8.41. The Bertz CT molecular complexity index is 1320. The summed E-state index contributed by atoms with van der Waals surface area (Å²) in [6.07, 6.45) is 7.88. The number of hydrogen-bond acceptors (Lipinski definition) is 8. The molecular formula is C24H23FN8. The van der Waals surface area contributed by atoms with Gasteiger partial charge >= 0.3 is 0 Å². The average molecular weight is 443 g/mol. The number of anilines is 3. The van der Waals surface area contributed by atoms with E-state index in [1.807, 2.05) is 24.5 Å². The Morgan fingerprint density at radius 2 is 1.88 bits per heavy atom. The molecule has 33 heavy (non-hydrogen) atoms. The molecule has 2 fully saturated rings. The van der Waals surface area contributed by atoms with Gasteiger partial charge in [0.25, 0.3) is 0 Å². The van der Waals surface area contributed by atoms with E-state index in [9.17, 15) is 4.39 Å². The van der Waals surface area contributed by atoms with Crippen molar-refractivity contribution in [3.63, 3.8) is 0 Å². The van der Waals surface area contributed by atoms with Crippen LogP contribution < -0.4 is 15.5 Å². The summed E-state index contributed by atoms with van der Waals surface area (Å²) in [6, 6.07) is 8.33. The molecule has 1 aliphatic carbocycles. The quantitative estimate of drug-likeness (QED) is 0.453. The Morgan fingerprint density at radius 3 is 2.70 bits per heavy atom. The minimum atomic E-state index is -0.548.